The zero-order valence-electron chi connectivity index (χ0n) is 15.8. The minimum absolute atomic E-state index is 0.0583. The van der Waals surface area contributed by atoms with Crippen molar-refractivity contribution in [3.63, 3.8) is 0 Å². The third kappa shape index (κ3) is 4.24. The number of ether oxygens (including phenoxy) is 3. The van der Waals surface area contributed by atoms with Crippen molar-refractivity contribution >= 4 is 11.9 Å². The van der Waals surface area contributed by atoms with Crippen molar-refractivity contribution in [2.75, 3.05) is 13.4 Å². The van der Waals surface area contributed by atoms with Crippen LogP contribution < -0.4 is 14.8 Å². The van der Waals surface area contributed by atoms with Gasteiger partial charge in [0, 0.05) is 24.4 Å². The lowest BCUT2D eigenvalue weighted by Crippen LogP contribution is -2.23. The summed E-state index contributed by atoms with van der Waals surface area (Å²) in [4.78, 5) is 27.4. The number of H-pyrrole nitrogens is 1. The minimum Gasteiger partial charge on any atom is -0.462 e. The molecule has 0 bridgehead atoms. The monoisotopic (exact) mass is 372 g/mol. The van der Waals surface area contributed by atoms with Gasteiger partial charge in [-0.25, -0.2) is 4.79 Å². The van der Waals surface area contributed by atoms with Crippen LogP contribution in [0.2, 0.25) is 0 Å². The molecular weight excluding hydrogens is 348 g/mol. The Kier molecular flexibility index (Phi) is 5.69. The van der Waals surface area contributed by atoms with Crippen LogP contribution >= 0.6 is 0 Å². The fourth-order valence-electron chi connectivity index (χ4n) is 3.15. The Morgan fingerprint density at radius 2 is 2.00 bits per heavy atom. The van der Waals surface area contributed by atoms with E-state index in [1.54, 1.807) is 6.92 Å². The molecule has 0 saturated heterocycles. The van der Waals surface area contributed by atoms with Crippen LogP contribution in [0.15, 0.2) is 18.2 Å². The molecule has 27 heavy (non-hydrogen) atoms. The van der Waals surface area contributed by atoms with E-state index in [-0.39, 0.29) is 18.7 Å². The van der Waals surface area contributed by atoms with Gasteiger partial charge in [-0.05, 0) is 50.5 Å². The largest absolute Gasteiger partial charge is 0.462 e. The molecular formula is C20H24N2O5. The van der Waals surface area contributed by atoms with Gasteiger partial charge in [-0.2, -0.15) is 0 Å². The van der Waals surface area contributed by atoms with Crippen LogP contribution in [-0.4, -0.2) is 30.3 Å². The molecule has 144 valence electrons. The molecule has 0 radical (unpaired) electrons. The molecule has 1 aliphatic rings. The second-order valence-electron chi connectivity index (χ2n) is 6.41. The maximum Gasteiger partial charge on any atom is 0.340 e. The number of aryl methyl sites for hydroxylation is 2. The number of nitrogens with one attached hydrogen (secondary N) is 2. The predicted octanol–water partition coefficient (Wildman–Crippen LogP) is 2.79. The smallest absolute Gasteiger partial charge is 0.340 e. The van der Waals surface area contributed by atoms with Gasteiger partial charge in [0.1, 0.15) is 0 Å². The Labute approximate surface area is 158 Å². The Balaban J connectivity index is 1.53. The minimum atomic E-state index is -0.331. The quantitative estimate of drug-likeness (QED) is 0.730. The van der Waals surface area contributed by atoms with E-state index in [0.717, 1.165) is 28.3 Å². The standard InChI is InChI=1S/C20H24N2O5/c1-4-25-20(24)19-12(2)15(22-13(19)3)6-8-18(23)21-10-14-5-7-16-17(9-14)27-11-26-16/h5,7,9,22H,4,6,8,10-11H2,1-3H3,(H,21,23). The van der Waals surface area contributed by atoms with Crippen LogP contribution in [-0.2, 0) is 22.5 Å². The molecule has 1 aromatic carbocycles. The van der Waals surface area contributed by atoms with Gasteiger partial charge in [-0.3, -0.25) is 4.79 Å². The number of hydrogen-bond acceptors (Lipinski definition) is 5. The van der Waals surface area contributed by atoms with E-state index in [0.29, 0.717) is 37.3 Å². The summed E-state index contributed by atoms with van der Waals surface area (Å²) in [5, 5.41) is 2.90. The first-order valence-corrected chi connectivity index (χ1v) is 9.00. The van der Waals surface area contributed by atoms with E-state index in [2.05, 4.69) is 10.3 Å². The van der Waals surface area contributed by atoms with Crippen LogP contribution in [0.5, 0.6) is 11.5 Å². The van der Waals surface area contributed by atoms with Crippen molar-refractivity contribution in [2.24, 2.45) is 0 Å². The number of carbonyl (C=O) groups is 2. The molecule has 7 heteroatoms. The molecule has 3 rings (SSSR count). The first-order chi connectivity index (χ1) is 13.0. The Morgan fingerprint density at radius 1 is 1.22 bits per heavy atom. The number of rotatable bonds is 7. The Morgan fingerprint density at radius 3 is 2.78 bits per heavy atom. The summed E-state index contributed by atoms with van der Waals surface area (Å²) in [6.45, 7) is 6.47. The van der Waals surface area contributed by atoms with Crippen molar-refractivity contribution in [1.29, 1.82) is 0 Å². The molecule has 7 nitrogen and oxygen atoms in total. The number of fused-ring (bicyclic) bond motifs is 1. The summed E-state index contributed by atoms with van der Waals surface area (Å²) in [6, 6.07) is 5.61. The summed E-state index contributed by atoms with van der Waals surface area (Å²) < 4.78 is 15.7. The van der Waals surface area contributed by atoms with Crippen LogP contribution in [0.3, 0.4) is 0 Å². The Bertz CT molecular complexity index is 856. The van der Waals surface area contributed by atoms with Crippen molar-refractivity contribution in [2.45, 2.75) is 40.2 Å². The van der Waals surface area contributed by atoms with Gasteiger partial charge in [0.25, 0.3) is 0 Å². The molecule has 1 amide bonds. The maximum atomic E-state index is 12.2. The number of esters is 1. The molecule has 1 aliphatic heterocycles. The normalized spacial score (nSPS) is 12.1. The van der Waals surface area contributed by atoms with Gasteiger partial charge in [-0.15, -0.1) is 0 Å². The van der Waals surface area contributed by atoms with E-state index in [9.17, 15) is 9.59 Å². The maximum absolute atomic E-state index is 12.2. The lowest BCUT2D eigenvalue weighted by atomic mass is 10.1. The zero-order valence-corrected chi connectivity index (χ0v) is 15.8. The highest BCUT2D eigenvalue weighted by molar-refractivity contribution is 5.92. The van der Waals surface area contributed by atoms with Gasteiger partial charge < -0.3 is 24.5 Å². The molecule has 0 atom stereocenters. The molecule has 0 spiro atoms. The highest BCUT2D eigenvalue weighted by atomic mass is 16.7. The SMILES string of the molecule is CCOC(=O)c1c(C)[nH]c(CCC(=O)NCc2ccc3c(c2)OCO3)c1C. The fraction of sp³-hybridized carbons (Fsp3) is 0.400. The number of carbonyl (C=O) groups excluding carboxylic acids is 2. The zero-order chi connectivity index (χ0) is 19.4. The lowest BCUT2D eigenvalue weighted by molar-refractivity contribution is -0.121. The van der Waals surface area contributed by atoms with E-state index >= 15 is 0 Å². The highest BCUT2D eigenvalue weighted by Gasteiger charge is 2.19. The molecule has 0 saturated carbocycles. The molecule has 2 N–H and O–H groups in total. The third-order valence-electron chi connectivity index (χ3n) is 4.55. The molecule has 1 aromatic heterocycles. The summed E-state index contributed by atoms with van der Waals surface area (Å²) >= 11 is 0. The Hall–Kier alpha value is -2.96. The average Bonchev–Trinajstić information content (AvgIpc) is 3.21. The third-order valence-corrected chi connectivity index (χ3v) is 4.55. The number of benzene rings is 1. The molecule has 2 aromatic rings. The summed E-state index contributed by atoms with van der Waals surface area (Å²) in [5.74, 6) is 1.03. The molecule has 0 fully saturated rings. The second-order valence-corrected chi connectivity index (χ2v) is 6.41. The van der Waals surface area contributed by atoms with Crippen LogP contribution in [0.1, 0.15) is 46.2 Å². The summed E-state index contributed by atoms with van der Waals surface area (Å²) in [5.41, 5.74) is 4.00. The van der Waals surface area contributed by atoms with Crippen LogP contribution in [0.4, 0.5) is 0 Å². The topological polar surface area (TPSA) is 89.7 Å². The first kappa shape index (κ1) is 18.8. The number of hydrogen-bond donors (Lipinski definition) is 2. The van der Waals surface area contributed by atoms with E-state index < -0.39 is 0 Å². The molecule has 2 heterocycles. The first-order valence-electron chi connectivity index (χ1n) is 9.00. The van der Waals surface area contributed by atoms with E-state index in [1.165, 1.54) is 0 Å². The number of aromatic nitrogens is 1. The van der Waals surface area contributed by atoms with Gasteiger partial charge in [0.05, 0.1) is 12.2 Å². The summed E-state index contributed by atoms with van der Waals surface area (Å²) in [7, 11) is 0. The average molecular weight is 372 g/mol. The van der Waals surface area contributed by atoms with E-state index in [4.69, 9.17) is 14.2 Å². The summed E-state index contributed by atoms with van der Waals surface area (Å²) in [6.07, 6.45) is 0.854. The fourth-order valence-corrected chi connectivity index (χ4v) is 3.15. The number of aromatic amines is 1. The van der Waals surface area contributed by atoms with Gasteiger partial charge in [-0.1, -0.05) is 6.07 Å². The second kappa shape index (κ2) is 8.16. The van der Waals surface area contributed by atoms with Crippen molar-refractivity contribution in [1.82, 2.24) is 10.3 Å². The van der Waals surface area contributed by atoms with Crippen molar-refractivity contribution < 1.29 is 23.8 Å². The van der Waals surface area contributed by atoms with Crippen molar-refractivity contribution in [3.8, 4) is 11.5 Å². The highest BCUT2D eigenvalue weighted by Crippen LogP contribution is 2.32. The van der Waals surface area contributed by atoms with Crippen LogP contribution in [0.25, 0.3) is 0 Å². The van der Waals surface area contributed by atoms with Crippen molar-refractivity contribution in [3.05, 3.63) is 46.3 Å². The van der Waals surface area contributed by atoms with Gasteiger partial charge in [0.15, 0.2) is 11.5 Å². The molecule has 0 unspecified atom stereocenters. The van der Waals surface area contributed by atoms with E-state index in [1.807, 2.05) is 32.0 Å². The predicted molar refractivity (Wildman–Crippen MR) is 99.0 cm³/mol. The molecule has 0 aliphatic carbocycles. The van der Waals surface area contributed by atoms with Gasteiger partial charge in [0.2, 0.25) is 12.7 Å². The number of amides is 1. The van der Waals surface area contributed by atoms with Gasteiger partial charge >= 0.3 is 5.97 Å². The lowest BCUT2D eigenvalue weighted by Gasteiger charge is -2.07. The van der Waals surface area contributed by atoms with Crippen LogP contribution in [0, 0.1) is 13.8 Å².